The van der Waals surface area contributed by atoms with Gasteiger partial charge in [-0.25, -0.2) is 9.97 Å². The number of anilines is 2. The Morgan fingerprint density at radius 3 is 2.72 bits per heavy atom. The fraction of sp³-hybridized carbons (Fsp3) is 0.333. The van der Waals surface area contributed by atoms with E-state index in [9.17, 15) is 4.79 Å². The monoisotopic (exact) mass is 421 g/mol. The van der Waals surface area contributed by atoms with Crippen LogP contribution in [0.4, 0.5) is 11.6 Å². The van der Waals surface area contributed by atoms with E-state index in [0.29, 0.717) is 6.54 Å². The number of unbranched alkanes of at least 4 members (excludes halogenated alkanes) is 1. The third-order valence-electron chi connectivity index (χ3n) is 3.82. The van der Waals surface area contributed by atoms with Crippen LogP contribution in [0.1, 0.15) is 28.9 Å². The van der Waals surface area contributed by atoms with Gasteiger partial charge in [0.05, 0.1) is 6.61 Å². The van der Waals surface area contributed by atoms with E-state index in [1.54, 1.807) is 0 Å². The van der Waals surface area contributed by atoms with Crippen LogP contribution in [0.5, 0.6) is 5.75 Å². The van der Waals surface area contributed by atoms with Gasteiger partial charge in [0.15, 0.2) is 28.4 Å². The number of ether oxygens (including phenoxy) is 1. The standard InChI is InChI=1S/C18H24ClN7O3/c19-14-16(21)25-15(20)13(24-14)17(28)26-18(22)23-8-4-3-6-11-5-1-2-7-12(11)29-10-9-27/h1-2,5,7,27H,3-4,6,8-10H2,(H4,20,21,25)(H3,22,23,26,28). The van der Waals surface area contributed by atoms with Crippen LogP contribution in [-0.4, -0.2) is 46.7 Å². The molecule has 2 rings (SSSR count). The summed E-state index contributed by atoms with van der Waals surface area (Å²) in [6, 6.07) is 7.67. The second-order valence-electron chi connectivity index (χ2n) is 5.99. The first kappa shape index (κ1) is 22.2. The number of rotatable bonds is 9. The minimum absolute atomic E-state index is 0.0339. The molecule has 0 bridgehead atoms. The second-order valence-corrected chi connectivity index (χ2v) is 6.35. The average Bonchev–Trinajstić information content (AvgIpc) is 2.69. The molecule has 1 aromatic carbocycles. The lowest BCUT2D eigenvalue weighted by atomic mass is 10.1. The number of carbonyl (C=O) groups excluding carboxylic acids is 1. The largest absolute Gasteiger partial charge is 0.491 e. The van der Waals surface area contributed by atoms with E-state index >= 15 is 0 Å². The smallest absolute Gasteiger partial charge is 0.280 e. The number of aliphatic imine (C=N–C) groups is 1. The summed E-state index contributed by atoms with van der Waals surface area (Å²) in [6.07, 6.45) is 2.39. The van der Waals surface area contributed by atoms with Gasteiger partial charge in [0.25, 0.3) is 5.91 Å². The zero-order valence-electron chi connectivity index (χ0n) is 15.8. The fourth-order valence-corrected chi connectivity index (χ4v) is 2.58. The van der Waals surface area contributed by atoms with Crippen molar-refractivity contribution in [3.8, 4) is 5.75 Å². The van der Waals surface area contributed by atoms with Crippen molar-refractivity contribution in [2.45, 2.75) is 19.3 Å². The van der Waals surface area contributed by atoms with Gasteiger partial charge in [-0.15, -0.1) is 0 Å². The maximum Gasteiger partial charge on any atom is 0.280 e. The molecule has 1 aromatic heterocycles. The molecule has 156 valence electrons. The number of amides is 1. The summed E-state index contributed by atoms with van der Waals surface area (Å²) in [5.41, 5.74) is 17.7. The molecule has 1 amide bonds. The lowest BCUT2D eigenvalue weighted by Crippen LogP contribution is -2.38. The number of aryl methyl sites for hydroxylation is 1. The van der Waals surface area contributed by atoms with Gasteiger partial charge in [-0.1, -0.05) is 29.8 Å². The topological polar surface area (TPSA) is 175 Å². The maximum absolute atomic E-state index is 12.2. The predicted molar refractivity (Wildman–Crippen MR) is 112 cm³/mol. The first-order valence-electron chi connectivity index (χ1n) is 8.93. The highest BCUT2D eigenvalue weighted by atomic mass is 35.5. The Kier molecular flexibility index (Phi) is 8.44. The quantitative estimate of drug-likeness (QED) is 0.223. The first-order chi connectivity index (χ1) is 13.9. The first-order valence-corrected chi connectivity index (χ1v) is 9.31. The lowest BCUT2D eigenvalue weighted by Gasteiger charge is -2.10. The Morgan fingerprint density at radius 2 is 1.97 bits per heavy atom. The van der Waals surface area contributed by atoms with Crippen molar-refractivity contribution >= 4 is 35.1 Å². The highest BCUT2D eigenvalue weighted by Crippen LogP contribution is 2.20. The van der Waals surface area contributed by atoms with Crippen molar-refractivity contribution < 1.29 is 14.6 Å². The number of aliphatic hydroxyl groups is 1. The number of nitrogen functional groups attached to an aromatic ring is 2. The molecule has 8 N–H and O–H groups in total. The van der Waals surface area contributed by atoms with Crippen LogP contribution >= 0.6 is 11.6 Å². The molecule has 29 heavy (non-hydrogen) atoms. The Hall–Kier alpha value is -3.11. The minimum Gasteiger partial charge on any atom is -0.491 e. The Bertz CT molecular complexity index is 877. The summed E-state index contributed by atoms with van der Waals surface area (Å²) in [7, 11) is 0. The average molecular weight is 422 g/mol. The lowest BCUT2D eigenvalue weighted by molar-refractivity contribution is 0.0972. The molecule has 0 aliphatic heterocycles. The third-order valence-corrected chi connectivity index (χ3v) is 4.10. The van der Waals surface area contributed by atoms with Gasteiger partial charge in [-0.3, -0.25) is 15.1 Å². The Balaban J connectivity index is 1.81. The predicted octanol–water partition coefficient (Wildman–Crippen LogP) is 0.733. The van der Waals surface area contributed by atoms with Gasteiger partial charge in [-0.05, 0) is 30.9 Å². The molecule has 11 heteroatoms. The number of para-hydroxylation sites is 1. The Morgan fingerprint density at radius 1 is 1.21 bits per heavy atom. The van der Waals surface area contributed by atoms with Crippen LogP contribution in [0, 0.1) is 0 Å². The number of halogens is 1. The van der Waals surface area contributed by atoms with E-state index in [-0.39, 0.29) is 41.7 Å². The summed E-state index contributed by atoms with van der Waals surface area (Å²) in [6.45, 7) is 0.648. The second kappa shape index (κ2) is 11.0. The van der Waals surface area contributed by atoms with E-state index in [2.05, 4.69) is 20.3 Å². The number of aromatic nitrogens is 2. The number of benzene rings is 1. The number of hydrogen-bond donors (Lipinski definition) is 5. The summed E-state index contributed by atoms with van der Waals surface area (Å²) in [4.78, 5) is 23.8. The van der Waals surface area contributed by atoms with E-state index in [0.717, 1.165) is 30.6 Å². The molecule has 1 heterocycles. The molecule has 2 aromatic rings. The summed E-state index contributed by atoms with van der Waals surface area (Å²) in [5, 5.41) is 11.2. The third kappa shape index (κ3) is 6.77. The van der Waals surface area contributed by atoms with Gasteiger partial charge in [0.1, 0.15) is 12.4 Å². The molecular formula is C18H24ClN7O3. The van der Waals surface area contributed by atoms with Crippen LogP contribution < -0.4 is 27.3 Å². The molecule has 0 saturated carbocycles. The molecule has 0 radical (unpaired) electrons. The number of nitrogens with one attached hydrogen (secondary N) is 1. The molecule has 0 aliphatic carbocycles. The zero-order chi connectivity index (χ0) is 21.2. The zero-order valence-corrected chi connectivity index (χ0v) is 16.5. The van der Waals surface area contributed by atoms with Crippen molar-refractivity contribution in [3.05, 3.63) is 40.7 Å². The van der Waals surface area contributed by atoms with E-state index in [1.807, 2.05) is 24.3 Å². The number of nitrogens with zero attached hydrogens (tertiary/aromatic N) is 3. The maximum atomic E-state index is 12.2. The Labute approximate surface area is 173 Å². The number of guanidine groups is 1. The van der Waals surface area contributed by atoms with Gasteiger partial charge < -0.3 is 27.0 Å². The van der Waals surface area contributed by atoms with Gasteiger partial charge in [0.2, 0.25) is 0 Å². The SMILES string of the molecule is NC(=NCCCCc1ccccc1OCCO)NC(=O)c1nc(Cl)c(N)nc1N. The molecule has 0 fully saturated rings. The van der Waals surface area contributed by atoms with Gasteiger partial charge in [0, 0.05) is 6.54 Å². The van der Waals surface area contributed by atoms with Crippen LogP contribution in [0.3, 0.4) is 0 Å². The fourth-order valence-electron chi connectivity index (χ4n) is 2.46. The van der Waals surface area contributed by atoms with Crippen LogP contribution in [0.2, 0.25) is 5.15 Å². The molecule has 0 atom stereocenters. The molecule has 0 spiro atoms. The van der Waals surface area contributed by atoms with Crippen LogP contribution in [0.15, 0.2) is 29.3 Å². The molecule has 10 nitrogen and oxygen atoms in total. The van der Waals surface area contributed by atoms with Crippen LogP contribution in [0.25, 0.3) is 0 Å². The highest BCUT2D eigenvalue weighted by molar-refractivity contribution is 6.31. The van der Waals surface area contributed by atoms with Crippen molar-refractivity contribution in [2.75, 3.05) is 31.2 Å². The van der Waals surface area contributed by atoms with Crippen LogP contribution in [-0.2, 0) is 6.42 Å². The number of carbonyl (C=O) groups is 1. The van der Waals surface area contributed by atoms with E-state index < -0.39 is 5.91 Å². The summed E-state index contributed by atoms with van der Waals surface area (Å²) >= 11 is 5.76. The minimum atomic E-state index is -0.673. The van der Waals surface area contributed by atoms with E-state index in [1.165, 1.54) is 0 Å². The van der Waals surface area contributed by atoms with Gasteiger partial charge >= 0.3 is 0 Å². The van der Waals surface area contributed by atoms with Crippen molar-refractivity contribution in [3.63, 3.8) is 0 Å². The van der Waals surface area contributed by atoms with Crippen molar-refractivity contribution in [1.29, 1.82) is 0 Å². The molecular weight excluding hydrogens is 398 g/mol. The molecule has 0 saturated heterocycles. The number of nitrogens with two attached hydrogens (primary N) is 3. The van der Waals surface area contributed by atoms with E-state index in [4.69, 9.17) is 38.6 Å². The molecule has 0 aliphatic rings. The van der Waals surface area contributed by atoms with Crippen molar-refractivity contribution in [1.82, 2.24) is 15.3 Å². The highest BCUT2D eigenvalue weighted by Gasteiger charge is 2.16. The van der Waals surface area contributed by atoms with Gasteiger partial charge in [-0.2, -0.15) is 0 Å². The number of aliphatic hydroxyl groups excluding tert-OH is 1. The summed E-state index contributed by atoms with van der Waals surface area (Å²) < 4.78 is 5.51. The van der Waals surface area contributed by atoms with Crippen molar-refractivity contribution in [2.24, 2.45) is 10.7 Å². The molecule has 0 unspecified atom stereocenters. The normalized spacial score (nSPS) is 11.3. The number of hydrogen-bond acceptors (Lipinski definition) is 8. The summed E-state index contributed by atoms with van der Waals surface area (Å²) in [5.74, 6) is -0.188.